The molecule has 0 bridgehead atoms. The van der Waals surface area contributed by atoms with E-state index in [1.54, 1.807) is 30.1 Å². The minimum Gasteiger partial charge on any atom is -0.339 e. The molecule has 7 heteroatoms. The second-order valence-corrected chi connectivity index (χ2v) is 7.97. The van der Waals surface area contributed by atoms with E-state index in [0.29, 0.717) is 28.3 Å². The van der Waals surface area contributed by atoms with Gasteiger partial charge in [0.15, 0.2) is 0 Å². The molecule has 0 radical (unpaired) electrons. The lowest BCUT2D eigenvalue weighted by Crippen LogP contribution is -2.51. The van der Waals surface area contributed by atoms with Gasteiger partial charge < -0.3 is 10.2 Å². The van der Waals surface area contributed by atoms with Crippen LogP contribution in [0.4, 0.5) is 5.69 Å². The summed E-state index contributed by atoms with van der Waals surface area (Å²) < 4.78 is 0. The zero-order valence-corrected chi connectivity index (χ0v) is 17.8. The maximum absolute atomic E-state index is 13.0. The molecule has 1 aromatic carbocycles. The van der Waals surface area contributed by atoms with Crippen LogP contribution in [0.5, 0.6) is 0 Å². The number of hydrogen-bond donors (Lipinski definition) is 1. The minimum atomic E-state index is -0.376. The number of carbonyl (C=O) groups is 2. The molecular weight excluding hydrogens is 385 g/mol. The first kappa shape index (κ1) is 22.0. The van der Waals surface area contributed by atoms with Crippen molar-refractivity contribution in [1.82, 2.24) is 9.80 Å². The Labute approximate surface area is 172 Å². The lowest BCUT2D eigenvalue weighted by molar-refractivity contribution is -0.139. The Morgan fingerprint density at radius 2 is 1.78 bits per heavy atom. The number of anilines is 1. The maximum atomic E-state index is 13.0. The molecule has 0 saturated heterocycles. The van der Waals surface area contributed by atoms with E-state index in [2.05, 4.69) is 5.32 Å². The largest absolute Gasteiger partial charge is 0.339 e. The summed E-state index contributed by atoms with van der Waals surface area (Å²) in [5.74, 6) is -0.177. The monoisotopic (exact) mass is 413 g/mol. The summed E-state index contributed by atoms with van der Waals surface area (Å²) in [4.78, 5) is 29.1. The highest BCUT2D eigenvalue weighted by Gasteiger charge is 2.29. The van der Waals surface area contributed by atoms with Crippen LogP contribution in [0.2, 0.25) is 10.0 Å². The summed E-state index contributed by atoms with van der Waals surface area (Å²) in [5, 5.41) is 3.51. The van der Waals surface area contributed by atoms with Crippen molar-refractivity contribution >= 4 is 40.7 Å². The Bertz CT molecular complexity index is 642. The predicted molar refractivity (Wildman–Crippen MR) is 111 cm³/mol. The van der Waals surface area contributed by atoms with Crippen LogP contribution in [-0.2, 0) is 9.59 Å². The second-order valence-electron chi connectivity index (χ2n) is 7.15. The summed E-state index contributed by atoms with van der Waals surface area (Å²) in [6, 6.07) is 5.00. The van der Waals surface area contributed by atoms with Gasteiger partial charge in [0.1, 0.15) is 0 Å². The number of nitrogens with zero attached hydrogens (tertiary/aromatic N) is 2. The Morgan fingerprint density at radius 3 is 2.33 bits per heavy atom. The van der Waals surface area contributed by atoms with Gasteiger partial charge in [-0.3, -0.25) is 14.5 Å². The summed E-state index contributed by atoms with van der Waals surface area (Å²) in [6.45, 7) is 4.65. The van der Waals surface area contributed by atoms with Crippen LogP contribution >= 0.6 is 23.2 Å². The highest BCUT2D eigenvalue weighted by Crippen LogP contribution is 2.29. The van der Waals surface area contributed by atoms with E-state index in [-0.39, 0.29) is 24.4 Å². The average molecular weight is 414 g/mol. The van der Waals surface area contributed by atoms with Crippen LogP contribution in [0.1, 0.15) is 46.0 Å². The molecule has 150 valence electrons. The molecule has 0 heterocycles. The van der Waals surface area contributed by atoms with E-state index in [4.69, 9.17) is 23.2 Å². The minimum absolute atomic E-state index is 0.0791. The third-order valence-electron chi connectivity index (χ3n) is 5.28. The van der Waals surface area contributed by atoms with Crippen molar-refractivity contribution in [3.8, 4) is 0 Å². The van der Waals surface area contributed by atoms with Gasteiger partial charge in [0.25, 0.3) is 0 Å². The van der Waals surface area contributed by atoms with E-state index < -0.39 is 0 Å². The molecule has 0 spiro atoms. The number of halogens is 2. The summed E-state index contributed by atoms with van der Waals surface area (Å²) in [7, 11) is 1.78. The van der Waals surface area contributed by atoms with Gasteiger partial charge in [-0.05, 0) is 45.9 Å². The summed E-state index contributed by atoms with van der Waals surface area (Å²) >= 11 is 12.2. The van der Waals surface area contributed by atoms with Crippen LogP contribution < -0.4 is 5.32 Å². The maximum Gasteiger partial charge on any atom is 0.239 e. The van der Waals surface area contributed by atoms with E-state index in [1.165, 1.54) is 19.3 Å². The van der Waals surface area contributed by atoms with Gasteiger partial charge in [-0.25, -0.2) is 0 Å². The summed E-state index contributed by atoms with van der Waals surface area (Å²) in [5.41, 5.74) is 0.399. The van der Waals surface area contributed by atoms with Gasteiger partial charge in [0.2, 0.25) is 11.8 Å². The first-order valence-corrected chi connectivity index (χ1v) is 10.3. The van der Waals surface area contributed by atoms with Gasteiger partial charge in [0.05, 0.1) is 28.3 Å². The molecule has 1 atom stereocenters. The fourth-order valence-corrected chi connectivity index (χ4v) is 4.07. The first-order valence-electron chi connectivity index (χ1n) is 9.59. The van der Waals surface area contributed by atoms with Crippen LogP contribution in [0.15, 0.2) is 18.2 Å². The van der Waals surface area contributed by atoms with Crippen molar-refractivity contribution < 1.29 is 9.59 Å². The van der Waals surface area contributed by atoms with E-state index in [9.17, 15) is 9.59 Å². The second kappa shape index (κ2) is 10.3. The number of rotatable bonds is 7. The Hall–Kier alpha value is -1.30. The zero-order chi connectivity index (χ0) is 20.0. The van der Waals surface area contributed by atoms with Crippen molar-refractivity contribution in [2.75, 3.05) is 25.5 Å². The molecule has 2 rings (SSSR count). The van der Waals surface area contributed by atoms with Crippen molar-refractivity contribution in [2.24, 2.45) is 0 Å². The molecule has 1 aromatic rings. The van der Waals surface area contributed by atoms with Crippen LogP contribution in [-0.4, -0.2) is 53.8 Å². The lowest BCUT2D eigenvalue weighted by atomic mass is 9.93. The lowest BCUT2D eigenvalue weighted by Gasteiger charge is -2.37. The topological polar surface area (TPSA) is 52.7 Å². The Morgan fingerprint density at radius 1 is 1.19 bits per heavy atom. The Balaban J connectivity index is 1.96. The number of carbonyl (C=O) groups excluding carboxylic acids is 2. The van der Waals surface area contributed by atoms with Gasteiger partial charge in [-0.15, -0.1) is 0 Å². The highest BCUT2D eigenvalue weighted by molar-refractivity contribution is 6.39. The molecule has 2 amide bonds. The van der Waals surface area contributed by atoms with Gasteiger partial charge in [-0.1, -0.05) is 48.5 Å². The van der Waals surface area contributed by atoms with E-state index in [0.717, 1.165) is 12.8 Å². The van der Waals surface area contributed by atoms with Gasteiger partial charge >= 0.3 is 0 Å². The van der Waals surface area contributed by atoms with Crippen molar-refractivity contribution in [3.63, 3.8) is 0 Å². The molecule has 1 aliphatic carbocycles. The van der Waals surface area contributed by atoms with E-state index >= 15 is 0 Å². The number of likely N-dealkylation sites (N-methyl/N-ethyl adjacent to an activating group) is 2. The molecule has 0 aliphatic heterocycles. The van der Waals surface area contributed by atoms with Crippen molar-refractivity contribution in [3.05, 3.63) is 28.2 Å². The number of benzene rings is 1. The molecule has 27 heavy (non-hydrogen) atoms. The van der Waals surface area contributed by atoms with E-state index in [1.807, 2.05) is 18.7 Å². The molecule has 1 saturated carbocycles. The highest BCUT2D eigenvalue weighted by atomic mass is 35.5. The SMILES string of the molecule is CCN(C(=O)[C@H](C)N(C)CC(=O)Nc1c(Cl)cccc1Cl)C1CCCCC1. The zero-order valence-electron chi connectivity index (χ0n) is 16.3. The quantitative estimate of drug-likeness (QED) is 0.718. The molecule has 0 aromatic heterocycles. The molecule has 1 N–H and O–H groups in total. The third kappa shape index (κ3) is 5.84. The molecule has 1 fully saturated rings. The van der Waals surface area contributed by atoms with Crippen LogP contribution in [0.3, 0.4) is 0 Å². The Kier molecular flexibility index (Phi) is 8.39. The van der Waals surface area contributed by atoms with Crippen molar-refractivity contribution in [2.45, 2.75) is 58.0 Å². The normalized spacial score (nSPS) is 16.2. The number of hydrogen-bond acceptors (Lipinski definition) is 3. The van der Waals surface area contributed by atoms with Gasteiger partial charge in [0, 0.05) is 12.6 Å². The first-order chi connectivity index (χ1) is 12.8. The average Bonchev–Trinajstić information content (AvgIpc) is 2.65. The fourth-order valence-electron chi connectivity index (χ4n) is 3.57. The number of amides is 2. The standard InChI is InChI=1S/C20H29Cl2N3O2/c1-4-25(15-9-6-5-7-10-15)20(27)14(2)24(3)13-18(26)23-19-16(21)11-8-12-17(19)22/h8,11-12,14-15H,4-7,9-10,13H2,1-3H3,(H,23,26)/t14-/m0/s1. The summed E-state index contributed by atoms with van der Waals surface area (Å²) in [6.07, 6.45) is 5.75. The smallest absolute Gasteiger partial charge is 0.239 e. The third-order valence-corrected chi connectivity index (χ3v) is 5.91. The van der Waals surface area contributed by atoms with Crippen LogP contribution in [0.25, 0.3) is 0 Å². The molecule has 1 aliphatic rings. The molecule has 0 unspecified atom stereocenters. The predicted octanol–water partition coefficient (Wildman–Crippen LogP) is 4.43. The molecular formula is C20H29Cl2N3O2. The van der Waals surface area contributed by atoms with Gasteiger partial charge in [-0.2, -0.15) is 0 Å². The number of nitrogens with one attached hydrogen (secondary N) is 1. The molecule has 5 nitrogen and oxygen atoms in total. The fraction of sp³-hybridized carbons (Fsp3) is 0.600. The number of para-hydroxylation sites is 1. The van der Waals surface area contributed by atoms with Crippen molar-refractivity contribution in [1.29, 1.82) is 0 Å². The van der Waals surface area contributed by atoms with Crippen LogP contribution in [0, 0.1) is 0 Å².